The van der Waals surface area contributed by atoms with Gasteiger partial charge in [0.15, 0.2) is 0 Å². The van der Waals surface area contributed by atoms with Crippen LogP contribution in [-0.2, 0) is 10.0 Å². The standard InChI is InChI=1S/C21H28F17NO3S/c1-3-5-6-7-8-9-10-11-12-13(40)39(4-2)43(41,42)21(37,38)19(32,33)17(28,29)15(24,25)14(22,23)16(26,27)18(30,31)20(34,35)36/h13,40H,3-12H2,1-2H3. The number of nitrogens with zero attached hydrogens (tertiary/aromatic N) is 1. The van der Waals surface area contributed by atoms with Gasteiger partial charge >= 0.3 is 47.0 Å². The van der Waals surface area contributed by atoms with Crippen molar-refractivity contribution < 1.29 is 88.2 Å². The minimum absolute atomic E-state index is 0.184. The lowest BCUT2D eigenvalue weighted by molar-refractivity contribution is -0.458. The molecule has 0 aliphatic rings. The molecule has 0 aliphatic heterocycles. The van der Waals surface area contributed by atoms with Crippen LogP contribution in [0.3, 0.4) is 0 Å². The molecule has 0 saturated heterocycles. The van der Waals surface area contributed by atoms with Crippen molar-refractivity contribution in [3.8, 4) is 0 Å². The van der Waals surface area contributed by atoms with E-state index in [2.05, 4.69) is 0 Å². The molecule has 0 spiro atoms. The first-order valence-corrected chi connectivity index (χ1v) is 13.8. The van der Waals surface area contributed by atoms with Gasteiger partial charge in [0.05, 0.1) is 0 Å². The van der Waals surface area contributed by atoms with Gasteiger partial charge in [0.2, 0.25) is 0 Å². The molecule has 4 nitrogen and oxygen atoms in total. The molecule has 0 aromatic rings. The Kier molecular flexibility index (Phi) is 13.2. The Bertz CT molecular complexity index is 999. The number of rotatable bonds is 19. The van der Waals surface area contributed by atoms with Crippen LogP contribution in [0.2, 0.25) is 0 Å². The fraction of sp³-hybridized carbons (Fsp3) is 1.00. The molecular weight excluding hydrogens is 669 g/mol. The highest BCUT2D eigenvalue weighted by molar-refractivity contribution is 7.90. The first kappa shape index (κ1) is 41.7. The van der Waals surface area contributed by atoms with E-state index in [4.69, 9.17) is 0 Å². The highest BCUT2D eigenvalue weighted by Gasteiger charge is 2.96. The summed E-state index contributed by atoms with van der Waals surface area (Å²) < 4.78 is 252. The third-order valence-electron chi connectivity index (χ3n) is 6.29. The minimum Gasteiger partial charge on any atom is -0.377 e. The van der Waals surface area contributed by atoms with E-state index in [0.717, 1.165) is 25.7 Å². The fourth-order valence-electron chi connectivity index (χ4n) is 3.60. The van der Waals surface area contributed by atoms with E-state index in [0.29, 0.717) is 19.8 Å². The van der Waals surface area contributed by atoms with Gasteiger partial charge in [-0.1, -0.05) is 58.8 Å². The molecule has 0 heterocycles. The summed E-state index contributed by atoms with van der Waals surface area (Å²) in [6, 6.07) is 0. The largest absolute Gasteiger partial charge is 0.460 e. The van der Waals surface area contributed by atoms with Crippen molar-refractivity contribution in [3.05, 3.63) is 0 Å². The van der Waals surface area contributed by atoms with Crippen LogP contribution < -0.4 is 0 Å². The Balaban J connectivity index is 6.36. The molecule has 1 N–H and O–H groups in total. The monoisotopic (exact) mass is 697 g/mol. The van der Waals surface area contributed by atoms with Gasteiger partial charge in [0.25, 0.3) is 10.0 Å². The Morgan fingerprint density at radius 2 is 0.860 bits per heavy atom. The van der Waals surface area contributed by atoms with Crippen LogP contribution >= 0.6 is 0 Å². The number of hydrogen-bond donors (Lipinski definition) is 1. The van der Waals surface area contributed by atoms with Crippen LogP contribution in [0.25, 0.3) is 0 Å². The summed E-state index contributed by atoms with van der Waals surface area (Å²) in [6.07, 6.45) is -7.00. The predicted octanol–water partition coefficient (Wildman–Crippen LogP) is 8.45. The van der Waals surface area contributed by atoms with Crippen molar-refractivity contribution in [2.24, 2.45) is 0 Å². The van der Waals surface area contributed by atoms with E-state index < -0.39 is 80.5 Å². The van der Waals surface area contributed by atoms with Crippen molar-refractivity contribution in [1.29, 1.82) is 0 Å². The quantitative estimate of drug-likeness (QED) is 0.0838. The number of sulfonamides is 1. The molecule has 0 saturated carbocycles. The lowest BCUT2D eigenvalue weighted by Gasteiger charge is -2.43. The Morgan fingerprint density at radius 1 is 0.535 bits per heavy atom. The molecule has 0 bridgehead atoms. The second-order valence-electron chi connectivity index (χ2n) is 9.41. The lowest BCUT2D eigenvalue weighted by atomic mass is 9.91. The van der Waals surface area contributed by atoms with E-state index in [1.807, 2.05) is 6.92 Å². The molecular formula is C21H28F17NO3S. The molecule has 22 heteroatoms. The number of unbranched alkanes of at least 4 members (excludes halogenated alkanes) is 7. The van der Waals surface area contributed by atoms with Crippen LogP contribution in [0.4, 0.5) is 74.6 Å². The van der Waals surface area contributed by atoms with Crippen molar-refractivity contribution >= 4 is 10.0 Å². The minimum atomic E-state index is -8.90. The Labute approximate surface area is 234 Å². The van der Waals surface area contributed by atoms with Gasteiger partial charge in [-0.25, -0.2) is 8.42 Å². The van der Waals surface area contributed by atoms with Crippen LogP contribution in [-0.4, -0.2) is 77.6 Å². The molecule has 0 radical (unpaired) electrons. The molecule has 260 valence electrons. The van der Waals surface area contributed by atoms with Gasteiger partial charge in [-0.3, -0.25) is 0 Å². The van der Waals surface area contributed by atoms with Crippen LogP contribution in [0.1, 0.15) is 71.6 Å². The highest BCUT2D eigenvalue weighted by Crippen LogP contribution is 2.64. The first-order chi connectivity index (χ1) is 18.9. The number of halogens is 17. The van der Waals surface area contributed by atoms with E-state index in [-0.39, 0.29) is 12.8 Å². The molecule has 0 rings (SSSR count). The first-order valence-electron chi connectivity index (χ1n) is 12.3. The van der Waals surface area contributed by atoms with E-state index in [1.54, 1.807) is 0 Å². The normalized spacial score (nSPS) is 16.2. The summed E-state index contributed by atoms with van der Waals surface area (Å²) in [6.45, 7) is 0.984. The van der Waals surface area contributed by atoms with Gasteiger partial charge in [-0.05, 0) is 12.8 Å². The van der Waals surface area contributed by atoms with E-state index >= 15 is 0 Å². The van der Waals surface area contributed by atoms with E-state index in [1.165, 1.54) is 0 Å². The van der Waals surface area contributed by atoms with Crippen molar-refractivity contribution in [2.75, 3.05) is 6.54 Å². The van der Waals surface area contributed by atoms with Gasteiger partial charge in [0.1, 0.15) is 6.23 Å². The molecule has 0 aliphatic carbocycles. The van der Waals surface area contributed by atoms with Crippen molar-refractivity contribution in [2.45, 2.75) is 125 Å². The van der Waals surface area contributed by atoms with Gasteiger partial charge in [0, 0.05) is 6.54 Å². The maximum absolute atomic E-state index is 14.4. The smallest absolute Gasteiger partial charge is 0.377 e. The summed E-state index contributed by atoms with van der Waals surface area (Å²) in [5, 5.41) is 2.26. The summed E-state index contributed by atoms with van der Waals surface area (Å²) in [4.78, 5) is 0. The zero-order chi connectivity index (χ0) is 34.7. The molecule has 1 atom stereocenters. The van der Waals surface area contributed by atoms with Crippen molar-refractivity contribution in [1.82, 2.24) is 4.31 Å². The van der Waals surface area contributed by atoms with Crippen LogP contribution in [0.5, 0.6) is 0 Å². The zero-order valence-electron chi connectivity index (χ0n) is 22.2. The van der Waals surface area contributed by atoms with Gasteiger partial charge in [-0.15, -0.1) is 0 Å². The molecule has 1 unspecified atom stereocenters. The number of alkyl halides is 17. The average Bonchev–Trinajstić information content (AvgIpc) is 2.84. The predicted molar refractivity (Wildman–Crippen MR) is 115 cm³/mol. The topological polar surface area (TPSA) is 57.6 Å². The van der Waals surface area contributed by atoms with Crippen molar-refractivity contribution in [3.63, 3.8) is 0 Å². The lowest BCUT2D eigenvalue weighted by Crippen LogP contribution is -2.75. The summed E-state index contributed by atoms with van der Waals surface area (Å²) in [5.74, 6) is -51.9. The zero-order valence-corrected chi connectivity index (χ0v) is 23.0. The van der Waals surface area contributed by atoms with E-state index in [9.17, 15) is 88.2 Å². The molecule has 0 aromatic carbocycles. The van der Waals surface area contributed by atoms with Gasteiger partial charge < -0.3 is 5.11 Å². The summed E-state index contributed by atoms with van der Waals surface area (Å²) >= 11 is 0. The second kappa shape index (κ2) is 13.6. The second-order valence-corrected chi connectivity index (χ2v) is 11.3. The number of aliphatic hydroxyl groups excluding tert-OH is 1. The fourth-order valence-corrected chi connectivity index (χ4v) is 5.12. The number of hydrogen-bond acceptors (Lipinski definition) is 3. The summed E-state index contributed by atoms with van der Waals surface area (Å²) in [5.41, 5.74) is 0. The maximum atomic E-state index is 14.4. The molecule has 0 aromatic heterocycles. The molecule has 43 heavy (non-hydrogen) atoms. The summed E-state index contributed by atoms with van der Waals surface area (Å²) in [7, 11) is -7.52. The molecule has 0 fully saturated rings. The third kappa shape index (κ3) is 7.09. The van der Waals surface area contributed by atoms with Crippen LogP contribution in [0.15, 0.2) is 0 Å². The van der Waals surface area contributed by atoms with Crippen LogP contribution in [0, 0.1) is 0 Å². The Morgan fingerprint density at radius 3 is 1.21 bits per heavy atom. The maximum Gasteiger partial charge on any atom is 0.460 e. The Hall–Kier alpha value is -1.32. The van der Waals surface area contributed by atoms with Gasteiger partial charge in [-0.2, -0.15) is 78.9 Å². The average molecular weight is 697 g/mol. The molecule has 0 amide bonds. The number of aliphatic hydroxyl groups is 1. The third-order valence-corrected chi connectivity index (χ3v) is 8.31. The highest BCUT2D eigenvalue weighted by atomic mass is 32.2. The SMILES string of the molecule is CCCCCCCCCCC(O)N(CC)S(=O)(=O)C(F)(F)C(F)(F)C(F)(F)C(F)(F)C(F)(F)C(F)(F)C(F)(F)C(F)(F)F.